The Balaban J connectivity index is 3.68. The molecule has 0 fully saturated rings. The van der Waals surface area contributed by atoms with Crippen molar-refractivity contribution in [1.29, 1.82) is 5.41 Å². The highest BCUT2D eigenvalue weighted by Crippen LogP contribution is 1.86. The molecule has 0 bridgehead atoms. The van der Waals surface area contributed by atoms with Gasteiger partial charge in [-0.2, -0.15) is 0 Å². The Morgan fingerprint density at radius 1 is 1.56 bits per heavy atom. The van der Waals surface area contributed by atoms with Crippen molar-refractivity contribution in [3.63, 3.8) is 0 Å². The number of nitrogens with one attached hydrogen (secondary N) is 1. The lowest BCUT2D eigenvalue weighted by molar-refractivity contribution is 0.338. The first kappa shape index (κ1) is 7.95. The van der Waals surface area contributed by atoms with Crippen molar-refractivity contribution in [2.75, 3.05) is 7.11 Å². The Bertz CT molecular complexity index is 136. The van der Waals surface area contributed by atoms with Crippen LogP contribution in [0.3, 0.4) is 0 Å². The van der Waals surface area contributed by atoms with Crippen LogP contribution in [0.1, 0.15) is 6.92 Å². The van der Waals surface area contributed by atoms with Crippen molar-refractivity contribution in [2.24, 2.45) is 0 Å². The first-order valence-corrected chi connectivity index (χ1v) is 2.68. The predicted octanol–water partition coefficient (Wildman–Crippen LogP) is 1.74. The van der Waals surface area contributed by atoms with Crippen molar-refractivity contribution in [3.8, 4) is 0 Å². The van der Waals surface area contributed by atoms with E-state index in [4.69, 9.17) is 5.41 Å². The average Bonchev–Trinajstić information content (AvgIpc) is 1.89. The lowest BCUT2D eigenvalue weighted by Gasteiger charge is -1.83. The molecule has 0 radical (unpaired) electrons. The van der Waals surface area contributed by atoms with E-state index in [2.05, 4.69) is 4.74 Å². The molecular weight excluding hydrogens is 114 g/mol. The number of rotatable bonds is 3. The van der Waals surface area contributed by atoms with Crippen LogP contribution < -0.4 is 0 Å². The zero-order valence-electron chi connectivity index (χ0n) is 5.72. The van der Waals surface area contributed by atoms with E-state index in [-0.39, 0.29) is 0 Å². The molecule has 0 heterocycles. The molecule has 0 aromatic rings. The minimum absolute atomic E-state index is 0.906. The van der Waals surface area contributed by atoms with E-state index in [1.807, 2.05) is 6.92 Å². The van der Waals surface area contributed by atoms with Crippen LogP contribution in [0.25, 0.3) is 0 Å². The van der Waals surface area contributed by atoms with Crippen molar-refractivity contribution in [2.45, 2.75) is 6.92 Å². The summed E-state index contributed by atoms with van der Waals surface area (Å²) in [4.78, 5) is 0. The van der Waals surface area contributed by atoms with Crippen LogP contribution in [-0.4, -0.2) is 13.3 Å². The van der Waals surface area contributed by atoms with Crippen LogP contribution in [-0.2, 0) is 4.74 Å². The minimum Gasteiger partial charge on any atom is -0.504 e. The van der Waals surface area contributed by atoms with E-state index in [1.165, 1.54) is 6.21 Å². The second-order valence-corrected chi connectivity index (χ2v) is 1.62. The number of hydrogen-bond donors (Lipinski definition) is 1. The minimum atomic E-state index is 0.906. The van der Waals surface area contributed by atoms with Crippen LogP contribution in [0.2, 0.25) is 0 Å². The predicted molar refractivity (Wildman–Crippen MR) is 38.7 cm³/mol. The summed E-state index contributed by atoms with van der Waals surface area (Å²) < 4.78 is 4.64. The first-order valence-electron chi connectivity index (χ1n) is 2.68. The summed E-state index contributed by atoms with van der Waals surface area (Å²) in [6.45, 7) is 1.85. The van der Waals surface area contributed by atoms with Gasteiger partial charge in [0.15, 0.2) is 0 Å². The van der Waals surface area contributed by atoms with E-state index >= 15 is 0 Å². The SMILES string of the molecule is CO/C=C/C=C(/C)C=N. The molecule has 0 aliphatic carbocycles. The van der Waals surface area contributed by atoms with Crippen LogP contribution in [0.4, 0.5) is 0 Å². The second kappa shape index (κ2) is 5.09. The maximum Gasteiger partial charge on any atom is 0.0824 e. The number of hydrogen-bond acceptors (Lipinski definition) is 2. The van der Waals surface area contributed by atoms with Gasteiger partial charge in [0.05, 0.1) is 13.4 Å². The molecule has 0 rings (SSSR count). The summed E-state index contributed by atoms with van der Waals surface area (Å²) in [5.74, 6) is 0. The summed E-state index contributed by atoms with van der Waals surface area (Å²) in [5.41, 5.74) is 0.906. The monoisotopic (exact) mass is 125 g/mol. The number of ether oxygens (including phenoxy) is 1. The molecule has 0 unspecified atom stereocenters. The second-order valence-electron chi connectivity index (χ2n) is 1.62. The van der Waals surface area contributed by atoms with Gasteiger partial charge in [-0.25, -0.2) is 0 Å². The molecule has 50 valence electrons. The molecular formula is C7H11NO. The standard InChI is InChI=1S/C7H11NO/c1-7(6-8)4-3-5-9-2/h3-6,8H,1-2H3/b5-3+,7-4-,8-6?. The van der Waals surface area contributed by atoms with Gasteiger partial charge < -0.3 is 10.1 Å². The van der Waals surface area contributed by atoms with Crippen molar-refractivity contribution >= 4 is 6.21 Å². The molecule has 0 saturated carbocycles. The quantitative estimate of drug-likeness (QED) is 0.348. The fourth-order valence-corrected chi connectivity index (χ4v) is 0.318. The van der Waals surface area contributed by atoms with Crippen molar-refractivity contribution in [1.82, 2.24) is 0 Å². The summed E-state index contributed by atoms with van der Waals surface area (Å²) in [6.07, 6.45) is 6.41. The summed E-state index contributed by atoms with van der Waals surface area (Å²) >= 11 is 0. The summed E-state index contributed by atoms with van der Waals surface area (Å²) in [6, 6.07) is 0. The lowest BCUT2D eigenvalue weighted by Crippen LogP contribution is -1.71. The van der Waals surface area contributed by atoms with Gasteiger partial charge in [-0.3, -0.25) is 0 Å². The third-order valence-corrected chi connectivity index (χ3v) is 0.801. The van der Waals surface area contributed by atoms with Gasteiger partial charge in [-0.1, -0.05) is 6.08 Å². The fraction of sp³-hybridized carbons (Fsp3) is 0.286. The molecule has 0 atom stereocenters. The Hall–Kier alpha value is -1.05. The smallest absolute Gasteiger partial charge is 0.0824 e. The number of allylic oxidation sites excluding steroid dienone is 3. The highest BCUT2D eigenvalue weighted by molar-refractivity contribution is 5.75. The van der Waals surface area contributed by atoms with Gasteiger partial charge in [0.1, 0.15) is 0 Å². The van der Waals surface area contributed by atoms with Gasteiger partial charge in [0.2, 0.25) is 0 Å². The summed E-state index contributed by atoms with van der Waals surface area (Å²) in [7, 11) is 1.59. The van der Waals surface area contributed by atoms with Gasteiger partial charge in [0, 0.05) is 6.21 Å². The van der Waals surface area contributed by atoms with Crippen LogP contribution in [0.15, 0.2) is 24.0 Å². The van der Waals surface area contributed by atoms with Crippen LogP contribution >= 0.6 is 0 Å². The van der Waals surface area contributed by atoms with Crippen LogP contribution in [0, 0.1) is 5.41 Å². The third kappa shape index (κ3) is 4.81. The molecule has 2 nitrogen and oxygen atoms in total. The lowest BCUT2D eigenvalue weighted by atomic mass is 10.3. The Morgan fingerprint density at radius 2 is 2.22 bits per heavy atom. The molecule has 0 aliphatic heterocycles. The highest BCUT2D eigenvalue weighted by atomic mass is 16.5. The van der Waals surface area contributed by atoms with E-state index in [0.29, 0.717) is 0 Å². The molecule has 0 saturated heterocycles. The molecule has 0 spiro atoms. The zero-order chi connectivity index (χ0) is 7.11. The van der Waals surface area contributed by atoms with E-state index in [0.717, 1.165) is 5.57 Å². The molecule has 1 N–H and O–H groups in total. The molecule has 0 aliphatic rings. The van der Waals surface area contributed by atoms with E-state index in [1.54, 1.807) is 25.5 Å². The van der Waals surface area contributed by atoms with Crippen molar-refractivity contribution in [3.05, 3.63) is 24.0 Å². The topological polar surface area (TPSA) is 33.1 Å². The molecule has 2 heteroatoms. The average molecular weight is 125 g/mol. The van der Waals surface area contributed by atoms with Gasteiger partial charge in [-0.05, 0) is 18.6 Å². The zero-order valence-corrected chi connectivity index (χ0v) is 5.72. The maximum atomic E-state index is 6.78. The highest BCUT2D eigenvalue weighted by Gasteiger charge is 1.73. The van der Waals surface area contributed by atoms with Crippen LogP contribution in [0.5, 0.6) is 0 Å². The Morgan fingerprint density at radius 3 is 2.67 bits per heavy atom. The number of methoxy groups -OCH3 is 1. The van der Waals surface area contributed by atoms with Gasteiger partial charge in [0.25, 0.3) is 0 Å². The van der Waals surface area contributed by atoms with E-state index in [9.17, 15) is 0 Å². The Labute approximate surface area is 55.3 Å². The molecule has 9 heavy (non-hydrogen) atoms. The molecule has 0 aromatic carbocycles. The van der Waals surface area contributed by atoms with Crippen molar-refractivity contribution < 1.29 is 4.74 Å². The normalized spacial score (nSPS) is 12.0. The van der Waals surface area contributed by atoms with Gasteiger partial charge >= 0.3 is 0 Å². The van der Waals surface area contributed by atoms with Gasteiger partial charge in [-0.15, -0.1) is 0 Å². The molecule has 0 amide bonds. The van der Waals surface area contributed by atoms with E-state index < -0.39 is 0 Å². The maximum absolute atomic E-state index is 6.78. The Kier molecular flexibility index (Phi) is 4.50. The molecule has 0 aromatic heterocycles. The summed E-state index contributed by atoms with van der Waals surface area (Å²) in [5, 5.41) is 6.78. The fourth-order valence-electron chi connectivity index (χ4n) is 0.318. The first-order chi connectivity index (χ1) is 4.31. The largest absolute Gasteiger partial charge is 0.504 e. The third-order valence-electron chi connectivity index (χ3n) is 0.801.